The van der Waals surface area contributed by atoms with Gasteiger partial charge in [-0.15, -0.1) is 0 Å². The number of hydrogen-bond donors (Lipinski definition) is 5. The predicted octanol–water partition coefficient (Wildman–Crippen LogP) is 6.35. The second-order valence-corrected chi connectivity index (χ2v) is 11.4. The number of ketones is 2. The van der Waals surface area contributed by atoms with Crippen molar-refractivity contribution < 1.29 is 38.6 Å². The number of Topliss-reactive ketones (excluding diaryl/α,β-unsaturated/α-hetero) is 2. The minimum atomic E-state index is -1.21. The van der Waals surface area contributed by atoms with Gasteiger partial charge in [0.15, 0.2) is 11.6 Å². The Hall–Kier alpha value is -5.20. The van der Waals surface area contributed by atoms with Gasteiger partial charge in [0.1, 0.15) is 0 Å². The first-order chi connectivity index (χ1) is 22.8. The van der Waals surface area contributed by atoms with Gasteiger partial charge < -0.3 is 31.5 Å². The first-order valence-corrected chi connectivity index (χ1v) is 15.5. The molecule has 1 aliphatic heterocycles. The van der Waals surface area contributed by atoms with Gasteiger partial charge in [-0.1, -0.05) is 35.3 Å². The van der Waals surface area contributed by atoms with Crippen LogP contribution in [-0.2, 0) is 33.5 Å². The molecule has 0 atom stereocenters. The zero-order valence-corrected chi connectivity index (χ0v) is 27.7. The van der Waals surface area contributed by atoms with Crippen molar-refractivity contribution in [2.45, 2.75) is 52.4 Å². The lowest BCUT2D eigenvalue weighted by Gasteiger charge is -2.20. The second-order valence-electron chi connectivity index (χ2n) is 10.6. The highest BCUT2D eigenvalue weighted by Gasteiger charge is 2.19. The first kappa shape index (κ1) is 37.3. The van der Waals surface area contributed by atoms with Gasteiger partial charge in [-0.3, -0.25) is 14.4 Å². The quantitative estimate of drug-likeness (QED) is 0.0937. The number of esters is 2. The summed E-state index contributed by atoms with van der Waals surface area (Å²) in [5.41, 5.74) is 11.2. The van der Waals surface area contributed by atoms with Gasteiger partial charge in [0, 0.05) is 59.7 Å². The molecular weight excluding hydrogens is 663 g/mol. The molecule has 0 unspecified atom stereocenters. The molecule has 48 heavy (non-hydrogen) atoms. The second kappa shape index (κ2) is 17.6. The third kappa shape index (κ3) is 11.0. The molecule has 2 aromatic rings. The Balaban J connectivity index is 0.000000224. The lowest BCUT2D eigenvalue weighted by atomic mass is 9.96. The van der Waals surface area contributed by atoms with E-state index in [1.807, 2.05) is 19.1 Å². The fourth-order valence-electron chi connectivity index (χ4n) is 4.57. The van der Waals surface area contributed by atoms with Crippen LogP contribution in [0.5, 0.6) is 0 Å². The zero-order valence-electron chi connectivity index (χ0n) is 26.2. The number of anilines is 4. The number of cyclic esters (lactones) is 2. The number of allylic oxidation sites excluding steroid dienone is 4. The highest BCUT2D eigenvalue weighted by Crippen LogP contribution is 2.34. The number of carboxylic acids is 1. The van der Waals surface area contributed by atoms with E-state index in [1.54, 1.807) is 31.2 Å². The number of amides is 1. The molecule has 1 amide bonds. The van der Waals surface area contributed by atoms with Gasteiger partial charge in [-0.05, 0) is 63.8 Å². The summed E-state index contributed by atoms with van der Waals surface area (Å²) in [4.78, 5) is 65.3. The SMILES string of the molecule is CC1=C(Nc2cccc(N)c2Cl)CCCC1=O.CC1=C(Nc2cccc(NC(=O)/C=C\C(=O)O)c2Cl)CCCC1=O.O=C1C=CC(=O)O1. The largest absolute Gasteiger partial charge is 0.478 e. The zero-order chi connectivity index (χ0) is 35.4. The first-order valence-electron chi connectivity index (χ1n) is 14.7. The molecule has 5 rings (SSSR count). The molecule has 2 aromatic carbocycles. The van der Waals surface area contributed by atoms with Crippen LogP contribution in [-0.4, -0.2) is 40.5 Å². The summed E-state index contributed by atoms with van der Waals surface area (Å²) in [6, 6.07) is 10.5. The summed E-state index contributed by atoms with van der Waals surface area (Å²) in [7, 11) is 0. The number of hydrogen-bond acceptors (Lipinski definition) is 10. The van der Waals surface area contributed by atoms with Crippen molar-refractivity contribution in [3.63, 3.8) is 0 Å². The number of rotatable bonds is 7. The monoisotopic (exact) mass is 696 g/mol. The van der Waals surface area contributed by atoms with E-state index in [9.17, 15) is 28.8 Å². The van der Waals surface area contributed by atoms with E-state index in [-0.39, 0.29) is 16.6 Å². The summed E-state index contributed by atoms with van der Waals surface area (Å²) in [6.07, 6.45) is 8.32. The van der Waals surface area contributed by atoms with E-state index in [2.05, 4.69) is 20.7 Å². The highest BCUT2D eigenvalue weighted by molar-refractivity contribution is 6.36. The Bertz CT molecular complexity index is 1740. The van der Waals surface area contributed by atoms with E-state index in [4.69, 9.17) is 34.0 Å². The van der Waals surface area contributed by atoms with Crippen LogP contribution in [0.1, 0.15) is 52.4 Å². The maximum absolute atomic E-state index is 11.8. The smallest absolute Gasteiger partial charge is 0.338 e. The molecule has 0 aromatic heterocycles. The molecule has 6 N–H and O–H groups in total. The van der Waals surface area contributed by atoms with Gasteiger partial charge >= 0.3 is 17.9 Å². The van der Waals surface area contributed by atoms with Crippen LogP contribution < -0.4 is 21.7 Å². The maximum Gasteiger partial charge on any atom is 0.338 e. The van der Waals surface area contributed by atoms with Crippen molar-refractivity contribution in [3.05, 3.63) is 93.3 Å². The fraction of sp³-hybridized carbons (Fsp3) is 0.235. The van der Waals surface area contributed by atoms with Crippen LogP contribution in [0.15, 0.2) is 83.2 Å². The summed E-state index contributed by atoms with van der Waals surface area (Å²) >= 11 is 12.4. The standard InChI is InChI=1S/C17H17ClN2O4.C13H15ClN2O.C4H2O3/c1-10-11(4-3-7-14(10)21)19-12-5-2-6-13(17(12)18)20-15(22)8-9-16(23)24;1-8-10(5-3-7-12(8)17)16-11-6-2-4-9(15)13(11)14;5-3-1-2-4(6)7-3/h2,5-6,8-9,19H,3-4,7H2,1H3,(H,20,22)(H,23,24);2,4,6,16H,3,5,7,15H2,1H3;1-2H/b9-8-;;. The minimum Gasteiger partial charge on any atom is -0.478 e. The molecule has 3 aliphatic rings. The summed E-state index contributed by atoms with van der Waals surface area (Å²) < 4.78 is 3.97. The number of ether oxygens (including phenoxy) is 1. The average Bonchev–Trinajstić information content (AvgIpc) is 3.43. The molecule has 0 radical (unpaired) electrons. The number of carbonyl (C=O) groups excluding carboxylic acids is 5. The minimum absolute atomic E-state index is 0.114. The Morgan fingerprint density at radius 2 is 1.23 bits per heavy atom. The maximum atomic E-state index is 11.8. The Kier molecular flexibility index (Phi) is 13.7. The molecule has 0 spiro atoms. The lowest BCUT2D eigenvalue weighted by molar-refractivity contribution is -0.150. The van der Waals surface area contributed by atoms with Crippen molar-refractivity contribution >= 4 is 81.3 Å². The van der Waals surface area contributed by atoms with Gasteiger partial charge in [-0.25, -0.2) is 14.4 Å². The van der Waals surface area contributed by atoms with Gasteiger partial charge in [-0.2, -0.15) is 0 Å². The number of carboxylic acid groups (broad SMARTS) is 1. The van der Waals surface area contributed by atoms with Crippen LogP contribution in [0.3, 0.4) is 0 Å². The number of nitrogens with two attached hydrogens (primary N) is 1. The molecule has 0 fully saturated rings. The molecule has 0 saturated heterocycles. The molecule has 252 valence electrons. The van der Waals surface area contributed by atoms with Crippen molar-refractivity contribution in [3.8, 4) is 0 Å². The van der Waals surface area contributed by atoms with Crippen molar-refractivity contribution in [2.75, 3.05) is 21.7 Å². The molecule has 0 bridgehead atoms. The van der Waals surface area contributed by atoms with E-state index < -0.39 is 23.8 Å². The van der Waals surface area contributed by atoms with Gasteiger partial charge in [0.25, 0.3) is 0 Å². The number of nitrogens with one attached hydrogen (secondary N) is 3. The Morgan fingerprint density at radius 3 is 1.71 bits per heavy atom. The lowest BCUT2D eigenvalue weighted by Crippen LogP contribution is -2.15. The topological polar surface area (TPSA) is 194 Å². The van der Waals surface area contributed by atoms with E-state index in [0.29, 0.717) is 40.5 Å². The predicted molar refractivity (Wildman–Crippen MR) is 183 cm³/mol. The van der Waals surface area contributed by atoms with Crippen LogP contribution in [0.2, 0.25) is 10.0 Å². The summed E-state index contributed by atoms with van der Waals surface area (Å²) in [5.74, 6) is -2.65. The molecule has 1 heterocycles. The van der Waals surface area contributed by atoms with Gasteiger partial charge in [0.05, 0.1) is 32.8 Å². The number of halogens is 2. The number of aliphatic carboxylic acids is 1. The molecule has 0 saturated carbocycles. The number of nitrogen functional groups attached to an aromatic ring is 1. The molecule has 14 heteroatoms. The summed E-state index contributed by atoms with van der Waals surface area (Å²) in [5, 5.41) is 18.2. The van der Waals surface area contributed by atoms with Crippen molar-refractivity contribution in [2.24, 2.45) is 0 Å². The third-order valence-corrected chi connectivity index (χ3v) is 8.02. The third-order valence-electron chi connectivity index (χ3n) is 7.19. The highest BCUT2D eigenvalue weighted by atomic mass is 35.5. The van der Waals surface area contributed by atoms with E-state index in [0.717, 1.165) is 72.6 Å². The fourth-order valence-corrected chi connectivity index (χ4v) is 4.97. The van der Waals surface area contributed by atoms with Crippen LogP contribution in [0.4, 0.5) is 22.7 Å². The van der Waals surface area contributed by atoms with Gasteiger partial charge in [0.2, 0.25) is 5.91 Å². The van der Waals surface area contributed by atoms with Crippen LogP contribution in [0, 0.1) is 0 Å². The Morgan fingerprint density at radius 1 is 0.750 bits per heavy atom. The van der Waals surface area contributed by atoms with Crippen LogP contribution >= 0.6 is 23.2 Å². The number of carbonyl (C=O) groups is 6. The average molecular weight is 698 g/mol. The van der Waals surface area contributed by atoms with Crippen molar-refractivity contribution in [1.29, 1.82) is 0 Å². The number of benzene rings is 2. The van der Waals surface area contributed by atoms with Crippen molar-refractivity contribution in [1.82, 2.24) is 0 Å². The molecule has 2 aliphatic carbocycles. The molecular formula is C34H34Cl2N4O8. The molecule has 12 nitrogen and oxygen atoms in total. The Labute approximate surface area is 286 Å². The summed E-state index contributed by atoms with van der Waals surface area (Å²) in [6.45, 7) is 3.63. The normalized spacial score (nSPS) is 15.8. The van der Waals surface area contributed by atoms with E-state index in [1.165, 1.54) is 0 Å². The van der Waals surface area contributed by atoms with Crippen LogP contribution in [0.25, 0.3) is 0 Å². The van der Waals surface area contributed by atoms with E-state index >= 15 is 0 Å².